The average molecular weight is 476 g/mol. The monoisotopic (exact) mass is 475 g/mol. The summed E-state index contributed by atoms with van der Waals surface area (Å²) in [5, 5.41) is 16.2. The SMILES string of the molecule is N#Cc1cccc(-c2cccc(-c3ccc(NC(=S)Nc4cc(Cl)nc(Cl)c4)cc3)n2)c1. The summed E-state index contributed by atoms with van der Waals surface area (Å²) in [6.07, 6.45) is 0. The van der Waals surface area contributed by atoms with Crippen LogP contribution in [0.5, 0.6) is 0 Å². The van der Waals surface area contributed by atoms with Crippen LogP contribution >= 0.6 is 35.4 Å². The second-order valence-electron chi connectivity index (χ2n) is 6.76. The average Bonchev–Trinajstić information content (AvgIpc) is 2.79. The number of anilines is 2. The van der Waals surface area contributed by atoms with Crippen LogP contribution < -0.4 is 10.6 Å². The van der Waals surface area contributed by atoms with Crippen molar-refractivity contribution in [3.63, 3.8) is 0 Å². The number of hydrogen-bond donors (Lipinski definition) is 2. The number of nitriles is 1. The molecule has 0 aliphatic carbocycles. The van der Waals surface area contributed by atoms with E-state index >= 15 is 0 Å². The molecule has 0 amide bonds. The molecule has 4 rings (SSSR count). The number of pyridine rings is 2. The van der Waals surface area contributed by atoms with Crippen molar-refractivity contribution in [2.45, 2.75) is 0 Å². The first-order valence-electron chi connectivity index (χ1n) is 9.49. The van der Waals surface area contributed by atoms with E-state index in [9.17, 15) is 0 Å². The topological polar surface area (TPSA) is 73.6 Å². The second-order valence-corrected chi connectivity index (χ2v) is 7.94. The zero-order chi connectivity index (χ0) is 22.5. The maximum absolute atomic E-state index is 9.13. The summed E-state index contributed by atoms with van der Waals surface area (Å²) in [5.74, 6) is 0. The highest BCUT2D eigenvalue weighted by Gasteiger charge is 2.06. The van der Waals surface area contributed by atoms with Gasteiger partial charge in [0.05, 0.1) is 23.0 Å². The third kappa shape index (κ3) is 5.40. The maximum Gasteiger partial charge on any atom is 0.175 e. The molecule has 0 radical (unpaired) electrons. The van der Waals surface area contributed by atoms with Crippen molar-refractivity contribution in [3.05, 3.63) is 94.7 Å². The molecule has 0 fully saturated rings. The number of nitrogens with one attached hydrogen (secondary N) is 2. The summed E-state index contributed by atoms with van der Waals surface area (Å²) in [4.78, 5) is 8.66. The van der Waals surface area contributed by atoms with Crippen molar-refractivity contribution in [1.29, 1.82) is 5.26 Å². The van der Waals surface area contributed by atoms with Crippen LogP contribution in [0.4, 0.5) is 11.4 Å². The molecule has 2 heterocycles. The minimum Gasteiger partial charge on any atom is -0.332 e. The molecule has 0 unspecified atom stereocenters. The molecule has 4 aromatic rings. The van der Waals surface area contributed by atoms with Gasteiger partial charge in [0, 0.05) is 22.5 Å². The predicted octanol–water partition coefficient (Wildman–Crippen LogP) is 6.80. The molecule has 32 heavy (non-hydrogen) atoms. The van der Waals surface area contributed by atoms with Crippen molar-refractivity contribution in [2.75, 3.05) is 10.6 Å². The van der Waals surface area contributed by atoms with Gasteiger partial charge in [0.1, 0.15) is 10.3 Å². The largest absolute Gasteiger partial charge is 0.332 e. The Bertz CT molecular complexity index is 1310. The zero-order valence-corrected chi connectivity index (χ0v) is 18.8. The smallest absolute Gasteiger partial charge is 0.175 e. The highest BCUT2D eigenvalue weighted by molar-refractivity contribution is 7.80. The number of thiocarbonyl (C=S) groups is 1. The van der Waals surface area contributed by atoms with E-state index in [-0.39, 0.29) is 10.3 Å². The number of benzene rings is 2. The first-order chi connectivity index (χ1) is 15.5. The van der Waals surface area contributed by atoms with Gasteiger partial charge in [-0.2, -0.15) is 5.26 Å². The quantitative estimate of drug-likeness (QED) is 0.249. The number of hydrogen-bond acceptors (Lipinski definition) is 4. The first kappa shape index (κ1) is 21.7. The molecule has 2 N–H and O–H groups in total. The van der Waals surface area contributed by atoms with Crippen molar-refractivity contribution < 1.29 is 0 Å². The van der Waals surface area contributed by atoms with E-state index in [4.69, 9.17) is 45.7 Å². The predicted molar refractivity (Wildman–Crippen MR) is 134 cm³/mol. The number of nitrogens with zero attached hydrogens (tertiary/aromatic N) is 3. The highest BCUT2D eigenvalue weighted by Crippen LogP contribution is 2.25. The Morgan fingerprint density at radius 2 is 1.38 bits per heavy atom. The lowest BCUT2D eigenvalue weighted by molar-refractivity contribution is 1.32. The molecular formula is C24H15Cl2N5S. The lowest BCUT2D eigenvalue weighted by Crippen LogP contribution is -2.19. The van der Waals surface area contributed by atoms with Crippen LogP contribution in [-0.2, 0) is 0 Å². The van der Waals surface area contributed by atoms with Gasteiger partial charge in [-0.3, -0.25) is 0 Å². The fraction of sp³-hybridized carbons (Fsp3) is 0. The lowest BCUT2D eigenvalue weighted by atomic mass is 10.1. The zero-order valence-electron chi connectivity index (χ0n) is 16.5. The van der Waals surface area contributed by atoms with Crippen LogP contribution in [-0.4, -0.2) is 15.1 Å². The van der Waals surface area contributed by atoms with Gasteiger partial charge in [-0.1, -0.05) is 53.5 Å². The summed E-state index contributed by atoms with van der Waals surface area (Å²) in [6.45, 7) is 0. The van der Waals surface area contributed by atoms with Crippen molar-refractivity contribution in [3.8, 4) is 28.6 Å². The third-order valence-electron chi connectivity index (χ3n) is 4.50. The Kier molecular flexibility index (Phi) is 6.62. The van der Waals surface area contributed by atoms with Gasteiger partial charge in [0.15, 0.2) is 5.11 Å². The van der Waals surface area contributed by atoms with Gasteiger partial charge in [0.25, 0.3) is 0 Å². The van der Waals surface area contributed by atoms with E-state index in [0.29, 0.717) is 16.4 Å². The van der Waals surface area contributed by atoms with E-state index in [1.807, 2.05) is 60.7 Å². The fourth-order valence-electron chi connectivity index (χ4n) is 3.06. The molecule has 0 bridgehead atoms. The molecule has 0 spiro atoms. The Hall–Kier alpha value is -3.50. The first-order valence-corrected chi connectivity index (χ1v) is 10.7. The molecule has 0 atom stereocenters. The van der Waals surface area contributed by atoms with E-state index in [1.165, 1.54) is 0 Å². The van der Waals surface area contributed by atoms with Crippen LogP contribution in [0.2, 0.25) is 10.3 Å². The normalized spacial score (nSPS) is 10.3. The summed E-state index contributed by atoms with van der Waals surface area (Å²) in [7, 11) is 0. The van der Waals surface area contributed by atoms with Crippen molar-refractivity contribution in [1.82, 2.24) is 9.97 Å². The van der Waals surface area contributed by atoms with Crippen LogP contribution in [0.1, 0.15) is 5.56 Å². The summed E-state index contributed by atoms with van der Waals surface area (Å²) in [6, 6.07) is 26.4. The van der Waals surface area contributed by atoms with Gasteiger partial charge < -0.3 is 10.6 Å². The molecule has 5 nitrogen and oxygen atoms in total. The number of rotatable bonds is 4. The Balaban J connectivity index is 1.48. The molecule has 156 valence electrons. The second kappa shape index (κ2) is 9.75. The van der Waals surface area contributed by atoms with E-state index in [1.54, 1.807) is 18.2 Å². The van der Waals surface area contributed by atoms with E-state index in [2.05, 4.69) is 21.7 Å². The van der Waals surface area contributed by atoms with E-state index < -0.39 is 0 Å². The van der Waals surface area contributed by atoms with Crippen LogP contribution in [0.3, 0.4) is 0 Å². The van der Waals surface area contributed by atoms with Crippen LogP contribution in [0, 0.1) is 11.3 Å². The van der Waals surface area contributed by atoms with Crippen molar-refractivity contribution in [2.24, 2.45) is 0 Å². The Morgan fingerprint density at radius 3 is 2.06 bits per heavy atom. The minimum absolute atomic E-state index is 0.279. The van der Waals surface area contributed by atoms with Crippen LogP contribution in [0.25, 0.3) is 22.5 Å². The molecule has 8 heteroatoms. The molecule has 0 aliphatic heterocycles. The van der Waals surface area contributed by atoms with Gasteiger partial charge >= 0.3 is 0 Å². The van der Waals surface area contributed by atoms with Crippen LogP contribution in [0.15, 0.2) is 78.9 Å². The van der Waals surface area contributed by atoms with Gasteiger partial charge in [0.2, 0.25) is 0 Å². The molecule has 2 aromatic heterocycles. The number of aromatic nitrogens is 2. The highest BCUT2D eigenvalue weighted by atomic mass is 35.5. The molecule has 0 aliphatic rings. The molecular weight excluding hydrogens is 461 g/mol. The lowest BCUT2D eigenvalue weighted by Gasteiger charge is -2.12. The summed E-state index contributed by atoms with van der Waals surface area (Å²) < 4.78 is 0. The molecule has 2 aromatic carbocycles. The van der Waals surface area contributed by atoms with Gasteiger partial charge in [-0.05, 0) is 60.7 Å². The summed E-state index contributed by atoms with van der Waals surface area (Å²) in [5.41, 5.74) is 5.56. The molecule has 0 saturated carbocycles. The van der Waals surface area contributed by atoms with Gasteiger partial charge in [-0.15, -0.1) is 0 Å². The summed E-state index contributed by atoms with van der Waals surface area (Å²) >= 11 is 17.2. The van der Waals surface area contributed by atoms with Gasteiger partial charge in [-0.25, -0.2) is 9.97 Å². The Morgan fingerprint density at radius 1 is 0.750 bits per heavy atom. The molecule has 0 saturated heterocycles. The van der Waals surface area contributed by atoms with E-state index in [0.717, 1.165) is 28.2 Å². The van der Waals surface area contributed by atoms with Crippen molar-refractivity contribution >= 4 is 51.9 Å². The fourth-order valence-corrected chi connectivity index (χ4v) is 3.76. The number of halogens is 2. The Labute approximate surface area is 200 Å². The minimum atomic E-state index is 0.279. The standard InChI is InChI=1S/C24H15Cl2N5S/c25-22-12-19(13-23(26)31-22)29-24(32)28-18-9-7-16(8-10-18)20-5-2-6-21(30-20)17-4-1-3-15(11-17)14-27/h1-13H,(H2,28,29,31,32). The third-order valence-corrected chi connectivity index (χ3v) is 5.09. The maximum atomic E-state index is 9.13.